The van der Waals surface area contributed by atoms with Gasteiger partial charge in [-0.05, 0) is 74.2 Å². The molecule has 326 valence electrons. The van der Waals surface area contributed by atoms with Crippen molar-refractivity contribution in [3.05, 3.63) is 123 Å². The minimum atomic E-state index is -1.01. The largest absolute Gasteiger partial charge is 0.507 e. The van der Waals surface area contributed by atoms with E-state index in [1.54, 1.807) is 48.5 Å². The van der Waals surface area contributed by atoms with Crippen LogP contribution in [0.3, 0.4) is 0 Å². The highest BCUT2D eigenvalue weighted by molar-refractivity contribution is 6.27. The Labute approximate surface area is 366 Å². The summed E-state index contributed by atoms with van der Waals surface area (Å²) in [5.74, 6) is -3.33. The fourth-order valence-electron chi connectivity index (χ4n) is 10.3. The number of benzene rings is 3. The first kappa shape index (κ1) is 44.5. The number of carbonyl (C=O) groups is 4. The number of allylic oxidation sites excluding steroid dienone is 5. The number of hydrogen-bond acceptors (Lipinski definition) is 6. The Morgan fingerprint density at radius 3 is 1.94 bits per heavy atom. The van der Waals surface area contributed by atoms with Crippen LogP contribution in [0, 0.1) is 5.92 Å². The van der Waals surface area contributed by atoms with Gasteiger partial charge in [0.25, 0.3) is 0 Å². The Morgan fingerprint density at radius 2 is 1.31 bits per heavy atom. The summed E-state index contributed by atoms with van der Waals surface area (Å²) in [4.78, 5) is 56.1. The summed E-state index contributed by atoms with van der Waals surface area (Å²) >= 11 is 0. The fraction of sp³-hybridized carbons (Fsp3) is 0.453. The maximum Gasteiger partial charge on any atom is 0.335 e. The molecule has 0 fully saturated rings. The van der Waals surface area contributed by atoms with Crippen molar-refractivity contribution in [2.75, 3.05) is 18.0 Å². The van der Waals surface area contributed by atoms with Crippen LogP contribution in [0.1, 0.15) is 173 Å². The highest BCUT2D eigenvalue weighted by Crippen LogP contribution is 2.53. The zero-order chi connectivity index (χ0) is 44.5. The first-order valence-electron chi connectivity index (χ1n) is 22.9. The summed E-state index contributed by atoms with van der Waals surface area (Å²) in [7, 11) is 0. The molecular weight excluding hydrogens is 777 g/mol. The van der Waals surface area contributed by atoms with E-state index < -0.39 is 28.7 Å². The van der Waals surface area contributed by atoms with Gasteiger partial charge in [0, 0.05) is 64.5 Å². The molecule has 4 aliphatic rings. The van der Waals surface area contributed by atoms with E-state index in [4.69, 9.17) is 0 Å². The summed E-state index contributed by atoms with van der Waals surface area (Å²) in [5, 5.41) is 31.9. The van der Waals surface area contributed by atoms with Crippen molar-refractivity contribution in [3.8, 4) is 0 Å². The maximum atomic E-state index is 15.1. The molecular formula is C53H63N2O7+. The number of ketones is 2. The lowest BCUT2D eigenvalue weighted by atomic mass is 9.66. The molecule has 0 saturated carbocycles. The number of carbonyl (C=O) groups excluding carboxylic acids is 2. The van der Waals surface area contributed by atoms with E-state index in [0.29, 0.717) is 35.4 Å². The average Bonchev–Trinajstić information content (AvgIpc) is 3.72. The molecule has 0 bridgehead atoms. The van der Waals surface area contributed by atoms with Crippen LogP contribution in [0.25, 0.3) is 5.76 Å². The van der Waals surface area contributed by atoms with Crippen LogP contribution in [-0.4, -0.2) is 62.2 Å². The normalized spacial score (nSPS) is 19.1. The van der Waals surface area contributed by atoms with Crippen molar-refractivity contribution in [1.82, 2.24) is 0 Å². The third-order valence-electron chi connectivity index (χ3n) is 13.9. The molecule has 0 amide bonds. The van der Waals surface area contributed by atoms with E-state index in [2.05, 4.69) is 51.0 Å². The molecule has 7 rings (SSSR count). The topological polar surface area (TPSA) is 135 Å². The highest BCUT2D eigenvalue weighted by Gasteiger charge is 2.53. The number of carboxylic acids is 2. The van der Waals surface area contributed by atoms with Crippen LogP contribution in [0.5, 0.6) is 0 Å². The minimum Gasteiger partial charge on any atom is -0.507 e. The molecule has 2 aliphatic heterocycles. The number of fused-ring (bicyclic) bond motifs is 3. The number of anilines is 1. The first-order valence-corrected chi connectivity index (χ1v) is 22.9. The Kier molecular flexibility index (Phi) is 12.9. The number of unbranched alkanes of at least 4 members (excludes halogenated alkanes) is 10. The predicted molar refractivity (Wildman–Crippen MR) is 245 cm³/mol. The number of Topliss-reactive ketones (excluding diaryl/α,β-unsaturated/α-hetero) is 2. The van der Waals surface area contributed by atoms with Crippen molar-refractivity contribution in [3.63, 3.8) is 0 Å². The Morgan fingerprint density at radius 1 is 0.726 bits per heavy atom. The highest BCUT2D eigenvalue weighted by atomic mass is 16.4. The molecule has 3 N–H and O–H groups in total. The number of nitrogens with zero attached hydrogens (tertiary/aromatic N) is 2. The number of aromatic carboxylic acids is 2. The van der Waals surface area contributed by atoms with Crippen LogP contribution in [0.15, 0.2) is 89.2 Å². The second-order valence-corrected chi connectivity index (χ2v) is 18.7. The van der Waals surface area contributed by atoms with Gasteiger partial charge >= 0.3 is 11.9 Å². The molecule has 0 spiro atoms. The molecule has 3 aromatic carbocycles. The molecule has 0 saturated heterocycles. The van der Waals surface area contributed by atoms with Gasteiger partial charge in [-0.3, -0.25) is 9.59 Å². The molecule has 9 nitrogen and oxygen atoms in total. The quantitative estimate of drug-likeness (QED) is 0.0756. The number of hydrogen-bond donors (Lipinski definition) is 3. The van der Waals surface area contributed by atoms with Crippen LogP contribution >= 0.6 is 0 Å². The standard InChI is InChI=1S/C53H62N2O7/c1-7-9-11-13-15-19-27-54-41-25-23-33(50(59)60)29-39(41)52(3,4)43(54)31-37-45(46-48(57)35-21-17-18-22-36(35)49(46)58)38(47(37)56)32-44-53(5,6)40-30-34(51(61)62)24-26-42(40)55(44)28-20-16-14-12-10-8-2/h17-18,21-26,29-31,38H,7-16,19-20,27-28,32H2,1-6H3,(H2-,56,57,58,59,60,61,62)/p+1/b43-31+. The molecule has 1 unspecified atom stereocenters. The summed E-state index contributed by atoms with van der Waals surface area (Å²) in [6.07, 6.45) is 15.4. The maximum absolute atomic E-state index is 15.1. The van der Waals surface area contributed by atoms with E-state index in [9.17, 15) is 29.7 Å². The fourth-order valence-corrected chi connectivity index (χ4v) is 10.3. The van der Waals surface area contributed by atoms with Crippen molar-refractivity contribution >= 4 is 46.4 Å². The lowest BCUT2D eigenvalue weighted by Gasteiger charge is -2.35. The Hall–Kier alpha value is -5.57. The van der Waals surface area contributed by atoms with Crippen LogP contribution < -0.4 is 4.90 Å². The van der Waals surface area contributed by atoms with E-state index in [1.807, 2.05) is 18.2 Å². The minimum absolute atomic E-state index is 0.126. The van der Waals surface area contributed by atoms with E-state index in [0.717, 1.165) is 85.3 Å². The molecule has 62 heavy (non-hydrogen) atoms. The molecule has 2 heterocycles. The summed E-state index contributed by atoms with van der Waals surface area (Å²) in [6, 6.07) is 17.5. The van der Waals surface area contributed by atoms with Crippen molar-refractivity contribution in [1.29, 1.82) is 0 Å². The Bertz CT molecular complexity index is 2440. The van der Waals surface area contributed by atoms with Crippen molar-refractivity contribution < 1.29 is 39.1 Å². The molecule has 0 radical (unpaired) electrons. The van der Waals surface area contributed by atoms with Gasteiger partial charge in [-0.1, -0.05) is 110 Å². The van der Waals surface area contributed by atoms with Crippen molar-refractivity contribution in [2.45, 2.75) is 136 Å². The Balaban J connectivity index is 1.35. The summed E-state index contributed by atoms with van der Waals surface area (Å²) in [6.45, 7) is 14.1. The lowest BCUT2D eigenvalue weighted by Crippen LogP contribution is -2.40. The smallest absolute Gasteiger partial charge is 0.335 e. The van der Waals surface area contributed by atoms with Crippen LogP contribution in [-0.2, 0) is 15.6 Å². The van der Waals surface area contributed by atoms with E-state index in [1.165, 1.54) is 25.7 Å². The predicted octanol–water partition coefficient (Wildman–Crippen LogP) is 11.9. The van der Waals surface area contributed by atoms with Crippen LogP contribution in [0.2, 0.25) is 0 Å². The molecule has 1 atom stereocenters. The van der Waals surface area contributed by atoms with Gasteiger partial charge in [-0.2, -0.15) is 4.58 Å². The van der Waals surface area contributed by atoms with Gasteiger partial charge < -0.3 is 20.2 Å². The molecule has 9 heteroatoms. The zero-order valence-corrected chi connectivity index (χ0v) is 37.4. The van der Waals surface area contributed by atoms with E-state index >= 15 is 4.79 Å². The average molecular weight is 840 g/mol. The van der Waals surface area contributed by atoms with Gasteiger partial charge in [0.05, 0.1) is 28.0 Å². The third-order valence-corrected chi connectivity index (χ3v) is 13.9. The van der Waals surface area contributed by atoms with Gasteiger partial charge in [0.15, 0.2) is 17.3 Å². The molecule has 2 aliphatic carbocycles. The molecule has 3 aromatic rings. The second-order valence-electron chi connectivity index (χ2n) is 18.7. The van der Waals surface area contributed by atoms with E-state index in [-0.39, 0.29) is 40.4 Å². The van der Waals surface area contributed by atoms with Gasteiger partial charge in [-0.25, -0.2) is 9.59 Å². The summed E-state index contributed by atoms with van der Waals surface area (Å²) < 4.78 is 2.28. The van der Waals surface area contributed by atoms with Gasteiger partial charge in [0.1, 0.15) is 12.3 Å². The lowest BCUT2D eigenvalue weighted by molar-refractivity contribution is -0.440. The molecule has 0 aromatic heterocycles. The third kappa shape index (κ3) is 7.99. The zero-order valence-electron chi connectivity index (χ0n) is 37.4. The number of aliphatic hydroxyl groups is 1. The number of carboxylic acid groups (broad SMARTS) is 2. The number of aliphatic hydroxyl groups excluding tert-OH is 1. The van der Waals surface area contributed by atoms with Crippen LogP contribution in [0.4, 0.5) is 11.4 Å². The van der Waals surface area contributed by atoms with Gasteiger partial charge in [-0.15, -0.1) is 0 Å². The number of rotatable bonds is 20. The summed E-state index contributed by atoms with van der Waals surface area (Å²) in [5.41, 5.74) is 6.38. The van der Waals surface area contributed by atoms with Crippen molar-refractivity contribution in [2.24, 2.45) is 5.92 Å². The SMILES string of the molecule is CCCCCCCCN1/C(=C/C2=C(C3=C(O)c4ccccc4C3=O)C(CC3=[N+](CCCCCCCC)c4ccc(C(=O)O)cc4C3(C)C)C2=O)C(C)(C)c2cc(C(=O)O)ccc21. The first-order chi connectivity index (χ1) is 29.6. The monoisotopic (exact) mass is 839 g/mol. The van der Waals surface area contributed by atoms with Gasteiger partial charge in [0.2, 0.25) is 5.69 Å². The second kappa shape index (κ2) is 18.0.